The molecule has 0 aliphatic heterocycles. The number of aromatic nitrogens is 2. The molecule has 3 rings (SSSR count). The van der Waals surface area contributed by atoms with Gasteiger partial charge in [0.1, 0.15) is 17.1 Å². The lowest BCUT2D eigenvalue weighted by molar-refractivity contribution is 0.415. The van der Waals surface area contributed by atoms with E-state index in [0.29, 0.717) is 11.4 Å². The Morgan fingerprint density at radius 1 is 1.00 bits per heavy atom. The molecule has 130 valence electrons. The van der Waals surface area contributed by atoms with E-state index in [1.165, 1.54) is 5.56 Å². The zero-order chi connectivity index (χ0) is 18.2. The van der Waals surface area contributed by atoms with Gasteiger partial charge in [0.15, 0.2) is 5.82 Å². The minimum Gasteiger partial charge on any atom is -0.494 e. The average Bonchev–Trinajstić information content (AvgIpc) is 2.91. The Labute approximate surface area is 148 Å². The van der Waals surface area contributed by atoms with Crippen LogP contribution in [-0.4, -0.2) is 16.5 Å². The van der Waals surface area contributed by atoms with Gasteiger partial charge >= 0.3 is 0 Å². The van der Waals surface area contributed by atoms with Crippen molar-refractivity contribution in [1.82, 2.24) is 9.38 Å². The van der Waals surface area contributed by atoms with Crippen molar-refractivity contribution in [2.45, 2.75) is 40.0 Å². The zero-order valence-corrected chi connectivity index (χ0v) is 15.7. The van der Waals surface area contributed by atoms with E-state index >= 15 is 0 Å². The number of hydrogen-bond donors (Lipinski definition) is 0. The molecule has 0 spiro atoms. The van der Waals surface area contributed by atoms with Gasteiger partial charge in [-0.3, -0.25) is 4.40 Å². The zero-order valence-electron chi connectivity index (χ0n) is 15.7. The van der Waals surface area contributed by atoms with Crippen molar-refractivity contribution in [2.24, 2.45) is 10.2 Å². The minimum atomic E-state index is -0.134. The van der Waals surface area contributed by atoms with Crippen LogP contribution in [0.2, 0.25) is 0 Å². The molecule has 0 fully saturated rings. The summed E-state index contributed by atoms with van der Waals surface area (Å²) in [6.07, 6.45) is 1.99. The maximum absolute atomic E-state index is 5.39. The van der Waals surface area contributed by atoms with Crippen LogP contribution in [0.3, 0.4) is 0 Å². The molecule has 0 bridgehead atoms. The first-order valence-electron chi connectivity index (χ1n) is 8.35. The second kappa shape index (κ2) is 6.31. The number of rotatable bonds is 3. The lowest BCUT2D eigenvalue weighted by atomic mass is 9.92. The number of benzene rings is 1. The molecule has 0 atom stereocenters. The van der Waals surface area contributed by atoms with Gasteiger partial charge in [-0.05, 0) is 49.2 Å². The highest BCUT2D eigenvalue weighted by Gasteiger charge is 2.24. The lowest BCUT2D eigenvalue weighted by Crippen LogP contribution is -2.11. The van der Waals surface area contributed by atoms with Gasteiger partial charge in [-0.25, -0.2) is 4.98 Å². The second-order valence-electron chi connectivity index (χ2n) is 7.34. The van der Waals surface area contributed by atoms with Gasteiger partial charge in [-0.15, -0.1) is 10.2 Å². The summed E-state index contributed by atoms with van der Waals surface area (Å²) in [7, 11) is 1.64. The van der Waals surface area contributed by atoms with Crippen LogP contribution >= 0.6 is 0 Å². The van der Waals surface area contributed by atoms with Gasteiger partial charge in [0.05, 0.1) is 12.8 Å². The van der Waals surface area contributed by atoms with Crippen molar-refractivity contribution in [3.05, 3.63) is 53.3 Å². The van der Waals surface area contributed by atoms with E-state index in [-0.39, 0.29) is 5.41 Å². The summed E-state index contributed by atoms with van der Waals surface area (Å²) in [6.45, 7) is 10.5. The third-order valence-electron chi connectivity index (χ3n) is 4.05. The first-order valence-corrected chi connectivity index (χ1v) is 8.35. The highest BCUT2D eigenvalue weighted by Crippen LogP contribution is 2.35. The molecule has 0 aliphatic rings. The molecule has 0 aliphatic carbocycles. The molecule has 0 saturated heterocycles. The highest BCUT2D eigenvalue weighted by atomic mass is 16.5. The van der Waals surface area contributed by atoms with E-state index in [1.807, 2.05) is 41.8 Å². The number of ether oxygens (including phenoxy) is 1. The maximum Gasteiger partial charge on any atom is 0.183 e. The van der Waals surface area contributed by atoms with Crippen LogP contribution in [0.1, 0.15) is 37.6 Å². The van der Waals surface area contributed by atoms with Crippen LogP contribution in [0.15, 0.2) is 46.8 Å². The molecule has 0 N–H and O–H groups in total. The lowest BCUT2D eigenvalue weighted by Gasteiger charge is -2.15. The van der Waals surface area contributed by atoms with E-state index in [0.717, 1.165) is 22.7 Å². The molecule has 0 amide bonds. The fourth-order valence-corrected chi connectivity index (χ4v) is 2.71. The van der Waals surface area contributed by atoms with E-state index in [4.69, 9.17) is 9.72 Å². The Kier molecular flexibility index (Phi) is 4.33. The van der Waals surface area contributed by atoms with Crippen LogP contribution in [0.4, 0.5) is 11.5 Å². The Balaban J connectivity index is 2.16. The van der Waals surface area contributed by atoms with Gasteiger partial charge in [-0.2, -0.15) is 0 Å². The molecular formula is C20H24N4O. The molecule has 0 radical (unpaired) electrons. The quantitative estimate of drug-likeness (QED) is 0.578. The molecule has 1 aromatic carbocycles. The van der Waals surface area contributed by atoms with Crippen LogP contribution < -0.4 is 4.74 Å². The van der Waals surface area contributed by atoms with Crippen molar-refractivity contribution in [2.75, 3.05) is 7.11 Å². The molecular weight excluding hydrogens is 312 g/mol. The van der Waals surface area contributed by atoms with Gasteiger partial charge in [0.2, 0.25) is 0 Å². The summed E-state index contributed by atoms with van der Waals surface area (Å²) in [5.74, 6) is 1.46. The summed E-state index contributed by atoms with van der Waals surface area (Å²) in [4.78, 5) is 4.80. The summed E-state index contributed by atoms with van der Waals surface area (Å²) < 4.78 is 7.38. The Morgan fingerprint density at radius 2 is 1.72 bits per heavy atom. The smallest absolute Gasteiger partial charge is 0.183 e. The highest BCUT2D eigenvalue weighted by molar-refractivity contribution is 5.57. The monoisotopic (exact) mass is 336 g/mol. The SMILES string of the molecule is COc1ccc(C)cc1N=Nc1c(C(C)(C)C)nc2cc(C)ccn12. The first-order chi connectivity index (χ1) is 11.8. The third-order valence-corrected chi connectivity index (χ3v) is 4.05. The van der Waals surface area contributed by atoms with Crippen molar-refractivity contribution in [3.8, 4) is 5.75 Å². The Bertz CT molecular complexity index is 948. The molecule has 5 heteroatoms. The van der Waals surface area contributed by atoms with Crippen molar-refractivity contribution in [1.29, 1.82) is 0 Å². The largest absolute Gasteiger partial charge is 0.494 e. The third kappa shape index (κ3) is 3.40. The number of azo groups is 1. The normalized spacial score (nSPS) is 12.2. The van der Waals surface area contributed by atoms with Gasteiger partial charge in [-0.1, -0.05) is 26.8 Å². The van der Waals surface area contributed by atoms with Crippen LogP contribution in [0, 0.1) is 13.8 Å². The fraction of sp³-hybridized carbons (Fsp3) is 0.350. The van der Waals surface area contributed by atoms with Crippen molar-refractivity contribution >= 4 is 17.2 Å². The standard InChI is InChI=1S/C20H24N4O/c1-13-7-8-16(25-6)15(11-13)22-23-19-18(20(3,4)5)21-17-12-14(2)9-10-24(17)19/h7-12H,1-6H3. The molecule has 5 nitrogen and oxygen atoms in total. The number of imidazole rings is 1. The fourth-order valence-electron chi connectivity index (χ4n) is 2.71. The Hall–Kier alpha value is -2.69. The second-order valence-corrected chi connectivity index (χ2v) is 7.34. The average molecular weight is 336 g/mol. The Morgan fingerprint density at radius 3 is 2.40 bits per heavy atom. The van der Waals surface area contributed by atoms with Gasteiger partial charge in [0, 0.05) is 11.6 Å². The predicted molar refractivity (Wildman–Crippen MR) is 101 cm³/mol. The van der Waals surface area contributed by atoms with Crippen LogP contribution in [0.5, 0.6) is 5.75 Å². The summed E-state index contributed by atoms with van der Waals surface area (Å²) >= 11 is 0. The number of fused-ring (bicyclic) bond motifs is 1. The number of aryl methyl sites for hydroxylation is 2. The summed E-state index contributed by atoms with van der Waals surface area (Å²) in [5, 5.41) is 9.02. The molecule has 3 aromatic rings. The molecule has 2 aromatic heterocycles. The number of pyridine rings is 1. The molecule has 25 heavy (non-hydrogen) atoms. The first kappa shape index (κ1) is 17.1. The van der Waals surface area contributed by atoms with Gasteiger partial charge in [0.25, 0.3) is 0 Å². The number of hydrogen-bond acceptors (Lipinski definition) is 4. The molecule has 0 saturated carbocycles. The summed E-state index contributed by atoms with van der Waals surface area (Å²) in [5.41, 5.74) is 4.67. The van der Waals surface area contributed by atoms with E-state index in [1.54, 1.807) is 7.11 Å². The van der Waals surface area contributed by atoms with Gasteiger partial charge < -0.3 is 4.74 Å². The van der Waals surface area contributed by atoms with Crippen LogP contribution in [0.25, 0.3) is 5.65 Å². The van der Waals surface area contributed by atoms with Crippen LogP contribution in [-0.2, 0) is 5.41 Å². The van der Waals surface area contributed by atoms with E-state index in [9.17, 15) is 0 Å². The minimum absolute atomic E-state index is 0.134. The number of nitrogens with zero attached hydrogens (tertiary/aromatic N) is 4. The van der Waals surface area contributed by atoms with Crippen molar-refractivity contribution in [3.63, 3.8) is 0 Å². The van der Waals surface area contributed by atoms with E-state index in [2.05, 4.69) is 44.0 Å². The predicted octanol–water partition coefficient (Wildman–Crippen LogP) is 5.67. The molecule has 0 unspecified atom stereocenters. The topological polar surface area (TPSA) is 51.2 Å². The summed E-state index contributed by atoms with van der Waals surface area (Å²) in [6, 6.07) is 9.98. The maximum atomic E-state index is 5.39. The van der Waals surface area contributed by atoms with Crippen molar-refractivity contribution < 1.29 is 4.74 Å². The molecule has 2 heterocycles. The van der Waals surface area contributed by atoms with E-state index < -0.39 is 0 Å². The number of methoxy groups -OCH3 is 1.